The second-order valence-electron chi connectivity index (χ2n) is 8.55. The Labute approximate surface area is 210 Å². The maximum atomic E-state index is 13.3. The molecular weight excluding hydrogens is 483 g/mol. The molecule has 5 nitrogen and oxygen atoms in total. The lowest BCUT2D eigenvalue weighted by Gasteiger charge is -2.30. The number of benzene rings is 2. The lowest BCUT2D eigenvalue weighted by Crippen LogP contribution is -2.50. The van der Waals surface area contributed by atoms with Crippen molar-refractivity contribution in [3.63, 3.8) is 0 Å². The highest BCUT2D eigenvalue weighted by atomic mass is 35.5. The highest BCUT2D eigenvalue weighted by Crippen LogP contribution is 2.28. The summed E-state index contributed by atoms with van der Waals surface area (Å²) in [5.41, 5.74) is 2.32. The summed E-state index contributed by atoms with van der Waals surface area (Å²) in [7, 11) is 0. The van der Waals surface area contributed by atoms with Gasteiger partial charge in [-0.15, -0.1) is 0 Å². The number of nitrogens with zero attached hydrogens (tertiary/aromatic N) is 1. The average molecular weight is 512 g/mol. The van der Waals surface area contributed by atoms with Crippen molar-refractivity contribution in [1.82, 2.24) is 10.2 Å². The first kappa shape index (κ1) is 25.7. The number of carbonyl (C=O) groups is 2. The number of aryl methyl sites for hydroxylation is 2. The zero-order valence-corrected chi connectivity index (χ0v) is 21.4. The Kier molecular flexibility index (Phi) is 8.91. The second-order valence-corrected chi connectivity index (χ2v) is 9.74. The van der Waals surface area contributed by atoms with Gasteiger partial charge in [0.1, 0.15) is 11.8 Å². The van der Waals surface area contributed by atoms with Gasteiger partial charge < -0.3 is 15.0 Å². The van der Waals surface area contributed by atoms with Gasteiger partial charge in [-0.05, 0) is 69.0 Å². The van der Waals surface area contributed by atoms with Gasteiger partial charge in [0, 0.05) is 33.2 Å². The van der Waals surface area contributed by atoms with Crippen molar-refractivity contribution in [2.45, 2.75) is 65.1 Å². The van der Waals surface area contributed by atoms with Crippen LogP contribution in [0.2, 0.25) is 15.1 Å². The molecule has 1 atom stereocenters. The van der Waals surface area contributed by atoms with Gasteiger partial charge >= 0.3 is 0 Å². The summed E-state index contributed by atoms with van der Waals surface area (Å²) < 4.78 is 5.78. The van der Waals surface area contributed by atoms with E-state index < -0.39 is 6.04 Å². The van der Waals surface area contributed by atoms with E-state index in [1.54, 1.807) is 37.3 Å². The second kappa shape index (κ2) is 11.5. The monoisotopic (exact) mass is 510 g/mol. The molecule has 0 saturated heterocycles. The van der Waals surface area contributed by atoms with Gasteiger partial charge in [0.05, 0.1) is 0 Å². The molecule has 0 unspecified atom stereocenters. The van der Waals surface area contributed by atoms with Crippen LogP contribution in [-0.2, 0) is 16.1 Å². The van der Waals surface area contributed by atoms with Crippen LogP contribution < -0.4 is 10.1 Å². The van der Waals surface area contributed by atoms with Crippen LogP contribution in [0.15, 0.2) is 30.3 Å². The smallest absolute Gasteiger partial charge is 0.261 e. The summed E-state index contributed by atoms with van der Waals surface area (Å²) in [6, 6.07) is 8.17. The van der Waals surface area contributed by atoms with Crippen molar-refractivity contribution in [2.24, 2.45) is 0 Å². The SMILES string of the molecule is Cc1cc(OCC(=O)N(Cc2c(Cl)cccc2Cl)[C@H](C)C(=O)NC2CCCC2)cc(C)c1Cl. The van der Waals surface area contributed by atoms with E-state index in [1.165, 1.54) is 4.90 Å². The van der Waals surface area contributed by atoms with Crippen molar-refractivity contribution in [3.8, 4) is 5.75 Å². The van der Waals surface area contributed by atoms with Crippen molar-refractivity contribution >= 4 is 46.6 Å². The van der Waals surface area contributed by atoms with E-state index in [2.05, 4.69) is 5.32 Å². The maximum Gasteiger partial charge on any atom is 0.261 e. The van der Waals surface area contributed by atoms with E-state index in [9.17, 15) is 9.59 Å². The number of halogens is 3. The van der Waals surface area contributed by atoms with Crippen LogP contribution in [0.5, 0.6) is 5.75 Å². The predicted octanol–water partition coefficient (Wildman–Crippen LogP) is 6.12. The van der Waals surface area contributed by atoms with E-state index in [-0.39, 0.29) is 31.0 Å². The molecule has 2 aromatic carbocycles. The molecule has 1 saturated carbocycles. The summed E-state index contributed by atoms with van der Waals surface area (Å²) in [6.07, 6.45) is 4.12. The molecule has 0 heterocycles. The molecule has 1 fully saturated rings. The molecule has 33 heavy (non-hydrogen) atoms. The van der Waals surface area contributed by atoms with E-state index in [4.69, 9.17) is 39.5 Å². The summed E-state index contributed by atoms with van der Waals surface area (Å²) in [4.78, 5) is 27.7. The number of rotatable bonds is 8. The molecule has 8 heteroatoms. The quantitative estimate of drug-likeness (QED) is 0.464. The Hall–Kier alpha value is -1.95. The van der Waals surface area contributed by atoms with Crippen molar-refractivity contribution in [2.75, 3.05) is 6.61 Å². The standard InChI is InChI=1S/C25H29Cl3N2O3/c1-15-11-19(12-16(2)24(15)28)33-14-23(31)30(13-20-21(26)9-6-10-22(20)27)17(3)25(32)29-18-7-4-5-8-18/h6,9-12,17-18H,4-5,7-8,13-14H2,1-3H3,(H,29,32)/t17-/m1/s1. The molecule has 178 valence electrons. The fourth-order valence-corrected chi connectivity index (χ4v) is 4.67. The average Bonchev–Trinajstić information content (AvgIpc) is 3.28. The van der Waals surface area contributed by atoms with Crippen molar-refractivity contribution in [3.05, 3.63) is 62.1 Å². The fourth-order valence-electron chi connectivity index (χ4n) is 4.05. The van der Waals surface area contributed by atoms with Gasteiger partial charge in [-0.25, -0.2) is 0 Å². The Morgan fingerprint density at radius 1 is 1.09 bits per heavy atom. The molecule has 0 radical (unpaired) electrons. The first-order valence-corrected chi connectivity index (χ1v) is 12.2. The first-order chi connectivity index (χ1) is 15.7. The van der Waals surface area contributed by atoms with Crippen LogP contribution in [0.3, 0.4) is 0 Å². The molecule has 1 N–H and O–H groups in total. The van der Waals surface area contributed by atoms with Crippen LogP contribution in [0.1, 0.15) is 49.3 Å². The van der Waals surface area contributed by atoms with Gasteiger partial charge in [0.25, 0.3) is 5.91 Å². The van der Waals surface area contributed by atoms with E-state index in [0.29, 0.717) is 26.4 Å². The number of carbonyl (C=O) groups excluding carboxylic acids is 2. The molecule has 1 aliphatic rings. The summed E-state index contributed by atoms with van der Waals surface area (Å²) >= 11 is 18.9. The summed E-state index contributed by atoms with van der Waals surface area (Å²) in [5, 5.41) is 4.61. The Balaban J connectivity index is 1.79. The molecular formula is C25H29Cl3N2O3. The highest BCUT2D eigenvalue weighted by Gasteiger charge is 2.29. The third kappa shape index (κ3) is 6.56. The molecule has 1 aliphatic carbocycles. The predicted molar refractivity (Wildman–Crippen MR) is 133 cm³/mol. The number of ether oxygens (including phenoxy) is 1. The minimum absolute atomic E-state index is 0.0959. The van der Waals surface area contributed by atoms with E-state index >= 15 is 0 Å². The maximum absolute atomic E-state index is 13.3. The van der Waals surface area contributed by atoms with Gasteiger partial charge in [-0.1, -0.05) is 53.7 Å². The lowest BCUT2D eigenvalue weighted by molar-refractivity contribution is -0.142. The van der Waals surface area contributed by atoms with Crippen LogP contribution in [0.25, 0.3) is 0 Å². The lowest BCUT2D eigenvalue weighted by atomic mass is 10.1. The number of amides is 2. The Morgan fingerprint density at radius 2 is 1.67 bits per heavy atom. The molecule has 0 bridgehead atoms. The fraction of sp³-hybridized carbons (Fsp3) is 0.440. The van der Waals surface area contributed by atoms with Crippen LogP contribution in [0.4, 0.5) is 0 Å². The minimum atomic E-state index is -0.720. The molecule has 0 aromatic heterocycles. The van der Waals surface area contributed by atoms with Crippen LogP contribution in [0, 0.1) is 13.8 Å². The van der Waals surface area contributed by atoms with E-state index in [1.807, 2.05) is 13.8 Å². The molecule has 3 rings (SSSR count). The summed E-state index contributed by atoms with van der Waals surface area (Å²) in [6.45, 7) is 5.34. The van der Waals surface area contributed by atoms with Crippen LogP contribution in [-0.4, -0.2) is 35.4 Å². The first-order valence-electron chi connectivity index (χ1n) is 11.1. The molecule has 2 aromatic rings. The molecule has 0 spiro atoms. The van der Waals surface area contributed by atoms with Gasteiger partial charge in [0.15, 0.2) is 6.61 Å². The van der Waals surface area contributed by atoms with Gasteiger partial charge in [0.2, 0.25) is 5.91 Å². The van der Waals surface area contributed by atoms with Gasteiger partial charge in [-0.2, -0.15) is 0 Å². The third-order valence-electron chi connectivity index (χ3n) is 6.03. The number of nitrogens with one attached hydrogen (secondary N) is 1. The normalized spacial score (nSPS) is 14.7. The zero-order chi connectivity index (χ0) is 24.1. The molecule has 2 amide bonds. The van der Waals surface area contributed by atoms with E-state index in [0.717, 1.165) is 36.8 Å². The third-order valence-corrected chi connectivity index (χ3v) is 7.34. The minimum Gasteiger partial charge on any atom is -0.484 e. The number of hydrogen-bond acceptors (Lipinski definition) is 3. The van der Waals surface area contributed by atoms with Gasteiger partial charge in [-0.3, -0.25) is 9.59 Å². The zero-order valence-electron chi connectivity index (χ0n) is 19.1. The topological polar surface area (TPSA) is 58.6 Å². The largest absolute Gasteiger partial charge is 0.484 e. The number of hydrogen-bond donors (Lipinski definition) is 1. The Morgan fingerprint density at radius 3 is 2.24 bits per heavy atom. The van der Waals surface area contributed by atoms with Crippen LogP contribution >= 0.6 is 34.8 Å². The summed E-state index contributed by atoms with van der Waals surface area (Å²) in [5.74, 6) is 0.00320. The Bertz CT molecular complexity index is 979. The highest BCUT2D eigenvalue weighted by molar-refractivity contribution is 6.36. The van der Waals surface area contributed by atoms with Crippen molar-refractivity contribution in [1.29, 1.82) is 0 Å². The van der Waals surface area contributed by atoms with Crippen molar-refractivity contribution < 1.29 is 14.3 Å². The molecule has 0 aliphatic heterocycles.